The SMILES string of the molecule is CC(C)Nc1cc(N2Cc3ccccc3C[C@@H]2C)ncn1. The van der Waals surface area contributed by atoms with Crippen molar-refractivity contribution in [3.05, 3.63) is 47.8 Å². The number of benzene rings is 1. The van der Waals surface area contributed by atoms with Crippen molar-refractivity contribution in [2.45, 2.75) is 45.8 Å². The highest BCUT2D eigenvalue weighted by atomic mass is 15.2. The molecule has 0 bridgehead atoms. The van der Waals surface area contributed by atoms with E-state index in [1.165, 1.54) is 11.1 Å². The van der Waals surface area contributed by atoms with Crippen molar-refractivity contribution >= 4 is 11.6 Å². The monoisotopic (exact) mass is 282 g/mol. The molecule has 0 saturated heterocycles. The van der Waals surface area contributed by atoms with Gasteiger partial charge in [-0.3, -0.25) is 0 Å². The van der Waals surface area contributed by atoms with Crippen molar-refractivity contribution in [3.8, 4) is 0 Å². The molecule has 0 aliphatic carbocycles. The fourth-order valence-electron chi connectivity index (χ4n) is 2.86. The van der Waals surface area contributed by atoms with Crippen LogP contribution in [-0.2, 0) is 13.0 Å². The quantitative estimate of drug-likeness (QED) is 0.938. The molecule has 0 fully saturated rings. The number of nitrogens with zero attached hydrogens (tertiary/aromatic N) is 3. The molecule has 1 aliphatic heterocycles. The van der Waals surface area contributed by atoms with Gasteiger partial charge in [0.25, 0.3) is 0 Å². The Morgan fingerprint density at radius 1 is 1.19 bits per heavy atom. The van der Waals surface area contributed by atoms with Gasteiger partial charge in [-0.15, -0.1) is 0 Å². The van der Waals surface area contributed by atoms with Crippen LogP contribution >= 0.6 is 0 Å². The molecule has 4 heteroatoms. The second-order valence-corrected chi connectivity index (χ2v) is 6.01. The summed E-state index contributed by atoms with van der Waals surface area (Å²) in [6.07, 6.45) is 2.71. The van der Waals surface area contributed by atoms with Crippen LogP contribution in [0, 0.1) is 0 Å². The van der Waals surface area contributed by atoms with Gasteiger partial charge < -0.3 is 10.2 Å². The maximum absolute atomic E-state index is 4.47. The first-order valence-electron chi connectivity index (χ1n) is 7.55. The Balaban J connectivity index is 1.87. The molecule has 0 radical (unpaired) electrons. The van der Waals surface area contributed by atoms with E-state index in [2.05, 4.69) is 65.2 Å². The fraction of sp³-hybridized carbons (Fsp3) is 0.412. The molecule has 2 heterocycles. The minimum Gasteiger partial charge on any atom is -0.368 e. The Labute approximate surface area is 126 Å². The van der Waals surface area contributed by atoms with Gasteiger partial charge in [0.1, 0.15) is 18.0 Å². The maximum atomic E-state index is 4.47. The Kier molecular flexibility index (Phi) is 3.78. The minimum atomic E-state index is 0.368. The lowest BCUT2D eigenvalue weighted by Gasteiger charge is -2.35. The average molecular weight is 282 g/mol. The van der Waals surface area contributed by atoms with E-state index in [9.17, 15) is 0 Å². The van der Waals surface area contributed by atoms with Crippen LogP contribution in [0.25, 0.3) is 0 Å². The third kappa shape index (κ3) is 2.99. The Bertz CT molecular complexity index is 624. The molecule has 3 rings (SSSR count). The summed E-state index contributed by atoms with van der Waals surface area (Å²) in [5.74, 6) is 1.89. The predicted molar refractivity (Wildman–Crippen MR) is 86.6 cm³/mol. The second-order valence-electron chi connectivity index (χ2n) is 6.01. The van der Waals surface area contributed by atoms with E-state index in [0.29, 0.717) is 12.1 Å². The van der Waals surface area contributed by atoms with Gasteiger partial charge in [0.05, 0.1) is 0 Å². The van der Waals surface area contributed by atoms with Crippen molar-refractivity contribution in [2.75, 3.05) is 10.2 Å². The predicted octanol–water partition coefficient (Wildman–Crippen LogP) is 3.25. The molecule has 1 aromatic carbocycles. The molecule has 1 N–H and O–H groups in total. The lowest BCUT2D eigenvalue weighted by molar-refractivity contribution is 0.586. The summed E-state index contributed by atoms with van der Waals surface area (Å²) >= 11 is 0. The summed E-state index contributed by atoms with van der Waals surface area (Å²) in [6, 6.07) is 11.5. The average Bonchev–Trinajstić information content (AvgIpc) is 2.46. The molecule has 2 aromatic rings. The van der Waals surface area contributed by atoms with E-state index < -0.39 is 0 Å². The van der Waals surface area contributed by atoms with Crippen LogP contribution in [0.2, 0.25) is 0 Å². The third-order valence-electron chi connectivity index (χ3n) is 3.89. The first-order valence-corrected chi connectivity index (χ1v) is 7.55. The number of rotatable bonds is 3. The molecule has 0 amide bonds. The molecular weight excluding hydrogens is 260 g/mol. The molecule has 0 unspecified atom stereocenters. The number of nitrogens with one attached hydrogen (secondary N) is 1. The summed E-state index contributed by atoms with van der Waals surface area (Å²) in [6.45, 7) is 7.40. The second kappa shape index (κ2) is 5.72. The smallest absolute Gasteiger partial charge is 0.134 e. The summed E-state index contributed by atoms with van der Waals surface area (Å²) < 4.78 is 0. The molecule has 1 aromatic heterocycles. The third-order valence-corrected chi connectivity index (χ3v) is 3.89. The molecular formula is C17H22N4. The summed E-state index contributed by atoms with van der Waals surface area (Å²) in [5, 5.41) is 3.34. The molecule has 21 heavy (non-hydrogen) atoms. The van der Waals surface area contributed by atoms with Crippen LogP contribution in [0.15, 0.2) is 36.7 Å². The van der Waals surface area contributed by atoms with Gasteiger partial charge >= 0.3 is 0 Å². The van der Waals surface area contributed by atoms with Gasteiger partial charge in [-0.2, -0.15) is 0 Å². The standard InChI is InChI=1S/C17H22N4/c1-12(2)20-16-9-17(19-11-18-16)21-10-15-7-5-4-6-14(15)8-13(21)3/h4-7,9,11-13H,8,10H2,1-3H3,(H,18,19,20)/t13-/m0/s1. The number of fused-ring (bicyclic) bond motifs is 1. The maximum Gasteiger partial charge on any atom is 0.134 e. The van der Waals surface area contributed by atoms with Gasteiger partial charge in [0, 0.05) is 24.7 Å². The number of anilines is 2. The van der Waals surface area contributed by atoms with Gasteiger partial charge in [-0.1, -0.05) is 24.3 Å². The highest BCUT2D eigenvalue weighted by molar-refractivity contribution is 5.51. The van der Waals surface area contributed by atoms with Crippen LogP contribution in [0.5, 0.6) is 0 Å². The molecule has 110 valence electrons. The number of hydrogen-bond donors (Lipinski definition) is 1. The van der Waals surface area contributed by atoms with Crippen molar-refractivity contribution < 1.29 is 0 Å². The summed E-state index contributed by atoms with van der Waals surface area (Å²) in [4.78, 5) is 11.1. The zero-order valence-electron chi connectivity index (χ0n) is 12.9. The van der Waals surface area contributed by atoms with E-state index in [-0.39, 0.29) is 0 Å². The van der Waals surface area contributed by atoms with Crippen molar-refractivity contribution in [1.29, 1.82) is 0 Å². The normalized spacial score (nSPS) is 17.7. The van der Waals surface area contributed by atoms with Gasteiger partial charge in [-0.25, -0.2) is 9.97 Å². The largest absolute Gasteiger partial charge is 0.368 e. The van der Waals surface area contributed by atoms with Crippen LogP contribution < -0.4 is 10.2 Å². The van der Waals surface area contributed by atoms with Crippen LogP contribution in [-0.4, -0.2) is 22.1 Å². The lowest BCUT2D eigenvalue weighted by atomic mass is 9.95. The number of hydrogen-bond acceptors (Lipinski definition) is 4. The molecule has 4 nitrogen and oxygen atoms in total. The van der Waals surface area contributed by atoms with E-state index >= 15 is 0 Å². The Hall–Kier alpha value is -2.10. The van der Waals surface area contributed by atoms with Gasteiger partial charge in [0.15, 0.2) is 0 Å². The highest BCUT2D eigenvalue weighted by Gasteiger charge is 2.23. The summed E-state index contributed by atoms with van der Waals surface area (Å²) in [5.41, 5.74) is 2.85. The van der Waals surface area contributed by atoms with Crippen molar-refractivity contribution in [2.24, 2.45) is 0 Å². The number of aromatic nitrogens is 2. The zero-order chi connectivity index (χ0) is 14.8. The summed E-state index contributed by atoms with van der Waals surface area (Å²) in [7, 11) is 0. The van der Waals surface area contributed by atoms with Crippen molar-refractivity contribution in [1.82, 2.24) is 9.97 Å². The van der Waals surface area contributed by atoms with E-state index in [0.717, 1.165) is 24.6 Å². The van der Waals surface area contributed by atoms with Gasteiger partial charge in [0.2, 0.25) is 0 Å². The highest BCUT2D eigenvalue weighted by Crippen LogP contribution is 2.27. The molecule has 1 atom stereocenters. The Morgan fingerprint density at radius 3 is 2.71 bits per heavy atom. The fourth-order valence-corrected chi connectivity index (χ4v) is 2.86. The van der Waals surface area contributed by atoms with Crippen molar-refractivity contribution in [3.63, 3.8) is 0 Å². The topological polar surface area (TPSA) is 41.0 Å². The molecule has 0 saturated carbocycles. The molecule has 1 aliphatic rings. The van der Waals surface area contributed by atoms with Crippen LogP contribution in [0.4, 0.5) is 11.6 Å². The van der Waals surface area contributed by atoms with Gasteiger partial charge in [-0.05, 0) is 38.3 Å². The van der Waals surface area contributed by atoms with Crippen LogP contribution in [0.1, 0.15) is 31.9 Å². The zero-order valence-corrected chi connectivity index (χ0v) is 12.9. The minimum absolute atomic E-state index is 0.368. The Morgan fingerprint density at radius 2 is 1.95 bits per heavy atom. The van der Waals surface area contributed by atoms with Crippen LogP contribution in [0.3, 0.4) is 0 Å². The first kappa shape index (κ1) is 13.9. The van der Waals surface area contributed by atoms with E-state index in [1.54, 1.807) is 6.33 Å². The van der Waals surface area contributed by atoms with E-state index in [4.69, 9.17) is 0 Å². The lowest BCUT2D eigenvalue weighted by Crippen LogP contribution is -2.39. The first-order chi connectivity index (χ1) is 10.1. The molecule has 0 spiro atoms. The van der Waals surface area contributed by atoms with E-state index in [1.807, 2.05) is 6.07 Å².